The van der Waals surface area contributed by atoms with E-state index in [4.69, 9.17) is 0 Å². The van der Waals surface area contributed by atoms with Gasteiger partial charge in [0.05, 0.1) is 17.1 Å². The van der Waals surface area contributed by atoms with Gasteiger partial charge in [-0.25, -0.2) is 4.39 Å². The molecule has 1 fully saturated rings. The fourth-order valence-corrected chi connectivity index (χ4v) is 3.42. The van der Waals surface area contributed by atoms with Crippen LogP contribution in [0.1, 0.15) is 45.1 Å². The molecule has 108 valence electrons. The number of rotatable bonds is 4. The Balaban J connectivity index is 2.22. The first kappa shape index (κ1) is 15.0. The van der Waals surface area contributed by atoms with E-state index in [0.29, 0.717) is 12.3 Å². The number of halogens is 1. The molecular formula is C17H22FNO. The largest absolute Gasteiger partial charge is 0.388 e. The van der Waals surface area contributed by atoms with Crippen LogP contribution in [-0.4, -0.2) is 10.7 Å². The van der Waals surface area contributed by atoms with Crippen LogP contribution in [0.3, 0.4) is 0 Å². The lowest BCUT2D eigenvalue weighted by atomic mass is 9.69. The van der Waals surface area contributed by atoms with Gasteiger partial charge < -0.3 is 5.11 Å². The highest BCUT2D eigenvalue weighted by Gasteiger charge is 2.51. The fourth-order valence-electron chi connectivity index (χ4n) is 3.42. The van der Waals surface area contributed by atoms with Crippen LogP contribution in [0.2, 0.25) is 0 Å². The Kier molecular flexibility index (Phi) is 4.15. The smallest absolute Gasteiger partial charge is 0.123 e. The highest BCUT2D eigenvalue weighted by Crippen LogP contribution is 2.50. The van der Waals surface area contributed by atoms with Gasteiger partial charge in [-0.05, 0) is 49.8 Å². The number of nitriles is 1. The average Bonchev–Trinajstić information content (AvgIpc) is 2.83. The summed E-state index contributed by atoms with van der Waals surface area (Å²) in [6, 6.07) is 8.64. The third kappa shape index (κ3) is 2.71. The fraction of sp³-hybridized carbons (Fsp3) is 0.588. The van der Waals surface area contributed by atoms with Crippen molar-refractivity contribution in [1.82, 2.24) is 0 Å². The van der Waals surface area contributed by atoms with Crippen LogP contribution >= 0.6 is 0 Å². The summed E-state index contributed by atoms with van der Waals surface area (Å²) in [6.07, 6.45) is 3.81. The molecule has 3 atom stereocenters. The maximum atomic E-state index is 13.3. The number of hydrogen-bond acceptors (Lipinski definition) is 2. The van der Waals surface area contributed by atoms with Crippen molar-refractivity contribution >= 4 is 0 Å². The Bertz CT molecular complexity index is 520. The molecule has 1 N–H and O–H groups in total. The van der Waals surface area contributed by atoms with Crippen molar-refractivity contribution in [3.05, 3.63) is 35.6 Å². The van der Waals surface area contributed by atoms with E-state index in [2.05, 4.69) is 13.0 Å². The molecule has 0 amide bonds. The molecule has 0 aliphatic heterocycles. The van der Waals surface area contributed by atoms with Crippen LogP contribution < -0.4 is 0 Å². The topological polar surface area (TPSA) is 44.0 Å². The zero-order valence-corrected chi connectivity index (χ0v) is 12.2. The maximum absolute atomic E-state index is 13.3. The Morgan fingerprint density at radius 1 is 1.55 bits per heavy atom. The van der Waals surface area contributed by atoms with Gasteiger partial charge in [-0.3, -0.25) is 0 Å². The van der Waals surface area contributed by atoms with Gasteiger partial charge >= 0.3 is 0 Å². The lowest BCUT2D eigenvalue weighted by molar-refractivity contribution is -0.0379. The minimum atomic E-state index is -1.13. The van der Waals surface area contributed by atoms with Crippen LogP contribution in [-0.2, 0) is 6.42 Å². The van der Waals surface area contributed by atoms with E-state index in [1.54, 1.807) is 19.1 Å². The lowest BCUT2D eigenvalue weighted by Gasteiger charge is -2.38. The second-order valence-electron chi connectivity index (χ2n) is 6.29. The number of hydrogen-bond donors (Lipinski definition) is 1. The third-order valence-corrected chi connectivity index (χ3v) is 4.88. The Labute approximate surface area is 120 Å². The zero-order chi connectivity index (χ0) is 14.8. The minimum absolute atomic E-state index is 0.304. The van der Waals surface area contributed by atoms with Crippen LogP contribution in [0.15, 0.2) is 24.3 Å². The molecule has 2 rings (SSSR count). The van der Waals surface area contributed by atoms with Gasteiger partial charge in [0.25, 0.3) is 0 Å². The van der Waals surface area contributed by atoms with Crippen molar-refractivity contribution in [1.29, 1.82) is 5.26 Å². The first-order valence-electron chi connectivity index (χ1n) is 7.30. The molecule has 0 radical (unpaired) electrons. The molecule has 0 saturated heterocycles. The van der Waals surface area contributed by atoms with Crippen LogP contribution in [0, 0.1) is 28.5 Å². The number of nitrogens with zero attached hydrogens (tertiary/aromatic N) is 1. The Hall–Kier alpha value is -1.40. The Morgan fingerprint density at radius 2 is 2.30 bits per heavy atom. The van der Waals surface area contributed by atoms with Crippen molar-refractivity contribution in [2.24, 2.45) is 11.3 Å². The second kappa shape index (κ2) is 5.54. The predicted octanol–water partition coefficient (Wildman–Crippen LogP) is 3.84. The highest BCUT2D eigenvalue weighted by molar-refractivity contribution is 5.22. The van der Waals surface area contributed by atoms with E-state index in [-0.39, 0.29) is 5.82 Å². The van der Waals surface area contributed by atoms with Crippen molar-refractivity contribution in [2.45, 2.75) is 51.6 Å². The maximum Gasteiger partial charge on any atom is 0.123 e. The third-order valence-electron chi connectivity index (χ3n) is 4.88. The quantitative estimate of drug-likeness (QED) is 0.907. The van der Waals surface area contributed by atoms with Gasteiger partial charge in [-0.15, -0.1) is 0 Å². The summed E-state index contributed by atoms with van der Waals surface area (Å²) < 4.78 is 13.3. The van der Waals surface area contributed by atoms with E-state index >= 15 is 0 Å². The van der Waals surface area contributed by atoms with E-state index < -0.39 is 11.0 Å². The van der Waals surface area contributed by atoms with Crippen molar-refractivity contribution < 1.29 is 9.50 Å². The Morgan fingerprint density at radius 3 is 2.85 bits per heavy atom. The molecule has 20 heavy (non-hydrogen) atoms. The second-order valence-corrected chi connectivity index (χ2v) is 6.29. The van der Waals surface area contributed by atoms with Crippen LogP contribution in [0.5, 0.6) is 0 Å². The predicted molar refractivity (Wildman–Crippen MR) is 76.4 cm³/mol. The van der Waals surface area contributed by atoms with Gasteiger partial charge in [0.2, 0.25) is 0 Å². The summed E-state index contributed by atoms with van der Waals surface area (Å²) in [5, 5.41) is 20.5. The molecule has 0 aromatic heterocycles. The van der Waals surface area contributed by atoms with Crippen LogP contribution in [0.25, 0.3) is 0 Å². The first-order chi connectivity index (χ1) is 9.42. The van der Waals surface area contributed by atoms with Gasteiger partial charge in [-0.1, -0.05) is 25.5 Å². The summed E-state index contributed by atoms with van der Waals surface area (Å²) in [6.45, 7) is 3.85. The molecule has 1 aromatic rings. The van der Waals surface area contributed by atoms with E-state index in [9.17, 15) is 14.8 Å². The molecule has 1 aliphatic rings. The molecule has 0 heterocycles. The SMILES string of the molecule is CCC1CCC(C#N)(C(C)(O)Cc2cccc(F)c2)C1. The molecule has 2 nitrogen and oxygen atoms in total. The van der Waals surface area contributed by atoms with Gasteiger partial charge in [0.15, 0.2) is 0 Å². The molecule has 1 aliphatic carbocycles. The van der Waals surface area contributed by atoms with Crippen molar-refractivity contribution in [2.75, 3.05) is 0 Å². The summed E-state index contributed by atoms with van der Waals surface area (Å²) in [4.78, 5) is 0. The summed E-state index contributed by atoms with van der Waals surface area (Å²) in [7, 11) is 0. The summed E-state index contributed by atoms with van der Waals surface area (Å²) in [5.41, 5.74) is -1.09. The molecule has 3 heteroatoms. The van der Waals surface area contributed by atoms with Crippen molar-refractivity contribution in [3.8, 4) is 6.07 Å². The molecular weight excluding hydrogens is 253 g/mol. The monoisotopic (exact) mass is 275 g/mol. The summed E-state index contributed by atoms with van der Waals surface area (Å²) in [5.74, 6) is 0.204. The van der Waals surface area contributed by atoms with Gasteiger partial charge in [0, 0.05) is 6.42 Å². The van der Waals surface area contributed by atoms with E-state index in [1.165, 1.54) is 12.1 Å². The van der Waals surface area contributed by atoms with Crippen molar-refractivity contribution in [3.63, 3.8) is 0 Å². The standard InChI is InChI=1S/C17H22FNO/c1-3-13-7-8-17(11-13,12-19)16(2,20)10-14-5-4-6-15(18)9-14/h4-6,9,13,20H,3,7-8,10-11H2,1-2H3. The highest BCUT2D eigenvalue weighted by atomic mass is 19.1. The lowest BCUT2D eigenvalue weighted by Crippen LogP contribution is -2.45. The number of benzene rings is 1. The number of aliphatic hydroxyl groups is 1. The van der Waals surface area contributed by atoms with Gasteiger partial charge in [0.1, 0.15) is 5.82 Å². The molecule has 0 spiro atoms. The van der Waals surface area contributed by atoms with Crippen LogP contribution in [0.4, 0.5) is 4.39 Å². The zero-order valence-electron chi connectivity index (χ0n) is 12.2. The van der Waals surface area contributed by atoms with Gasteiger partial charge in [-0.2, -0.15) is 5.26 Å². The molecule has 1 aromatic carbocycles. The average molecular weight is 275 g/mol. The molecule has 3 unspecified atom stereocenters. The van der Waals surface area contributed by atoms with E-state index in [1.807, 2.05) is 0 Å². The minimum Gasteiger partial charge on any atom is -0.388 e. The molecule has 0 bridgehead atoms. The van der Waals surface area contributed by atoms with E-state index in [0.717, 1.165) is 31.2 Å². The normalized spacial score (nSPS) is 28.9. The summed E-state index contributed by atoms with van der Waals surface area (Å²) >= 11 is 0. The molecule has 1 saturated carbocycles. The first-order valence-corrected chi connectivity index (χ1v) is 7.30.